The quantitative estimate of drug-likeness (QED) is 0.510. The number of halogens is 2. The summed E-state index contributed by atoms with van der Waals surface area (Å²) in [6, 6.07) is 14.5. The van der Waals surface area contributed by atoms with Crippen molar-refractivity contribution in [1.29, 1.82) is 0 Å². The lowest BCUT2D eigenvalue weighted by molar-refractivity contribution is -0.0497. The molecule has 0 aliphatic carbocycles. The van der Waals surface area contributed by atoms with Crippen LogP contribution in [0.4, 0.5) is 8.78 Å². The van der Waals surface area contributed by atoms with Crippen LogP contribution in [0.25, 0.3) is 33.4 Å². The van der Waals surface area contributed by atoms with Crippen molar-refractivity contribution in [2.24, 2.45) is 0 Å². The van der Waals surface area contributed by atoms with Crippen LogP contribution in [0, 0.1) is 0 Å². The van der Waals surface area contributed by atoms with Crippen molar-refractivity contribution in [3.63, 3.8) is 0 Å². The van der Waals surface area contributed by atoms with Crippen LogP contribution in [0.15, 0.2) is 61.1 Å². The van der Waals surface area contributed by atoms with E-state index in [4.69, 9.17) is 0 Å². The van der Waals surface area contributed by atoms with E-state index in [0.717, 1.165) is 28.8 Å². The average molecular weight is 366 g/mol. The Hall–Kier alpha value is -3.35. The molecule has 0 bridgehead atoms. The molecule has 0 amide bonds. The molecule has 0 fully saturated rings. The first-order chi connectivity index (χ1) is 13.2. The van der Waals surface area contributed by atoms with E-state index in [-0.39, 0.29) is 5.75 Å². The van der Waals surface area contributed by atoms with Gasteiger partial charge in [-0.25, -0.2) is 9.97 Å². The highest BCUT2D eigenvalue weighted by Gasteiger charge is 2.17. The Bertz CT molecular complexity index is 1080. The van der Waals surface area contributed by atoms with Crippen LogP contribution in [-0.2, 0) is 6.54 Å². The molecule has 2 heterocycles. The topological polar surface area (TPSA) is 52.8 Å². The number of benzene rings is 2. The molecular formula is C20H16F2N4O. The van der Waals surface area contributed by atoms with Gasteiger partial charge in [0.25, 0.3) is 0 Å². The molecule has 0 saturated heterocycles. The largest absolute Gasteiger partial charge is 0.435 e. The number of nitrogens with zero attached hydrogens (tertiary/aromatic N) is 4. The molecule has 4 rings (SSSR count). The lowest BCUT2D eigenvalue weighted by Crippen LogP contribution is -2.01. The summed E-state index contributed by atoms with van der Waals surface area (Å²) in [6.07, 6.45) is 3.36. The molecule has 7 heteroatoms. The Kier molecular flexibility index (Phi) is 4.50. The van der Waals surface area contributed by atoms with Gasteiger partial charge < -0.3 is 4.74 Å². The molecule has 27 heavy (non-hydrogen) atoms. The molecule has 0 aliphatic heterocycles. The second-order valence-corrected chi connectivity index (χ2v) is 5.89. The van der Waals surface area contributed by atoms with E-state index in [0.29, 0.717) is 11.2 Å². The van der Waals surface area contributed by atoms with Crippen molar-refractivity contribution in [3.05, 3.63) is 61.1 Å². The maximum Gasteiger partial charge on any atom is 0.387 e. The molecule has 0 N–H and O–H groups in total. The maximum absolute atomic E-state index is 12.5. The van der Waals surface area contributed by atoms with Crippen LogP contribution in [0.2, 0.25) is 0 Å². The van der Waals surface area contributed by atoms with Crippen LogP contribution in [0.5, 0.6) is 5.75 Å². The molecule has 0 unspecified atom stereocenters. The van der Waals surface area contributed by atoms with Crippen LogP contribution in [-0.4, -0.2) is 26.4 Å². The fourth-order valence-electron chi connectivity index (χ4n) is 2.99. The van der Waals surface area contributed by atoms with Crippen LogP contribution in [0.1, 0.15) is 6.92 Å². The average Bonchev–Trinajstić information content (AvgIpc) is 3.12. The van der Waals surface area contributed by atoms with Crippen molar-refractivity contribution in [2.45, 2.75) is 20.1 Å². The highest BCUT2D eigenvalue weighted by atomic mass is 19.3. The van der Waals surface area contributed by atoms with E-state index < -0.39 is 6.61 Å². The Morgan fingerprint density at radius 3 is 2.59 bits per heavy atom. The van der Waals surface area contributed by atoms with E-state index in [1.165, 1.54) is 18.5 Å². The first-order valence-corrected chi connectivity index (χ1v) is 8.48. The number of rotatable bonds is 5. The van der Waals surface area contributed by atoms with Gasteiger partial charge in [0.05, 0.1) is 11.2 Å². The summed E-state index contributed by atoms with van der Waals surface area (Å²) in [6.45, 7) is -0.150. The smallest absolute Gasteiger partial charge is 0.387 e. The minimum Gasteiger partial charge on any atom is -0.435 e. The van der Waals surface area contributed by atoms with E-state index in [9.17, 15) is 8.78 Å². The Morgan fingerprint density at radius 1 is 1.04 bits per heavy atom. The fourth-order valence-corrected chi connectivity index (χ4v) is 2.99. The number of alkyl halides is 2. The molecule has 5 nitrogen and oxygen atoms in total. The highest BCUT2D eigenvalue weighted by molar-refractivity contribution is 5.96. The lowest BCUT2D eigenvalue weighted by Gasteiger charge is -2.08. The van der Waals surface area contributed by atoms with Crippen molar-refractivity contribution in [2.75, 3.05) is 0 Å². The zero-order valence-corrected chi connectivity index (χ0v) is 14.5. The van der Waals surface area contributed by atoms with Crippen molar-refractivity contribution < 1.29 is 13.5 Å². The molecule has 0 spiro atoms. The Morgan fingerprint density at radius 2 is 1.85 bits per heavy atom. The summed E-state index contributed by atoms with van der Waals surface area (Å²) in [4.78, 5) is 8.65. The van der Waals surface area contributed by atoms with Crippen LogP contribution in [0.3, 0.4) is 0 Å². The van der Waals surface area contributed by atoms with E-state index >= 15 is 0 Å². The fraction of sp³-hybridized carbons (Fsp3) is 0.150. The molecule has 0 atom stereocenters. The van der Waals surface area contributed by atoms with E-state index in [2.05, 4.69) is 19.8 Å². The van der Waals surface area contributed by atoms with Gasteiger partial charge in [0, 0.05) is 35.3 Å². The number of hydrogen-bond donors (Lipinski definition) is 0. The summed E-state index contributed by atoms with van der Waals surface area (Å²) in [5.74, 6) is 0.0645. The molecule has 0 aliphatic rings. The third-order valence-electron chi connectivity index (χ3n) is 4.22. The van der Waals surface area contributed by atoms with Crippen molar-refractivity contribution >= 4 is 10.9 Å². The molecule has 2 aromatic carbocycles. The summed E-state index contributed by atoms with van der Waals surface area (Å²) >= 11 is 0. The van der Waals surface area contributed by atoms with Gasteiger partial charge in [-0.3, -0.25) is 4.68 Å². The number of aromatic nitrogens is 4. The third kappa shape index (κ3) is 3.36. The predicted octanol–water partition coefficient (Wildman–Crippen LogP) is 4.78. The molecule has 4 aromatic rings. The second kappa shape index (κ2) is 7.11. The highest BCUT2D eigenvalue weighted by Crippen LogP contribution is 2.34. The van der Waals surface area contributed by atoms with Crippen LogP contribution >= 0.6 is 0 Å². The molecule has 0 radical (unpaired) electrons. The number of ether oxygens (including phenoxy) is 1. The minimum absolute atomic E-state index is 0.0645. The number of hydrogen-bond acceptors (Lipinski definition) is 4. The molecular weight excluding hydrogens is 350 g/mol. The van der Waals surface area contributed by atoms with Gasteiger partial charge >= 0.3 is 6.61 Å². The molecule has 0 saturated carbocycles. The third-order valence-corrected chi connectivity index (χ3v) is 4.22. The zero-order chi connectivity index (χ0) is 18.8. The van der Waals surface area contributed by atoms with Crippen molar-refractivity contribution in [1.82, 2.24) is 19.7 Å². The minimum atomic E-state index is -2.88. The van der Waals surface area contributed by atoms with Gasteiger partial charge in [0.15, 0.2) is 0 Å². The zero-order valence-electron chi connectivity index (χ0n) is 14.5. The van der Waals surface area contributed by atoms with Crippen LogP contribution < -0.4 is 4.74 Å². The van der Waals surface area contributed by atoms with Crippen molar-refractivity contribution in [3.8, 4) is 28.3 Å². The molecule has 2 aromatic heterocycles. The Balaban J connectivity index is 1.89. The van der Waals surface area contributed by atoms with Gasteiger partial charge in [0.2, 0.25) is 0 Å². The Labute approximate surface area is 154 Å². The van der Waals surface area contributed by atoms with E-state index in [1.807, 2.05) is 48.1 Å². The number of aryl methyl sites for hydroxylation is 1. The summed E-state index contributed by atoms with van der Waals surface area (Å²) < 4.78 is 31.3. The normalized spacial score (nSPS) is 11.3. The summed E-state index contributed by atoms with van der Waals surface area (Å²) in [7, 11) is 0. The van der Waals surface area contributed by atoms with Gasteiger partial charge in [-0.2, -0.15) is 13.9 Å². The molecule has 136 valence electrons. The number of fused-ring (bicyclic) bond motifs is 1. The van der Waals surface area contributed by atoms with Gasteiger partial charge in [-0.1, -0.05) is 30.3 Å². The maximum atomic E-state index is 12.5. The summed E-state index contributed by atoms with van der Waals surface area (Å²) in [5, 5.41) is 5.41. The second-order valence-electron chi connectivity index (χ2n) is 5.89. The summed E-state index contributed by atoms with van der Waals surface area (Å²) in [5.41, 5.74) is 3.87. The lowest BCUT2D eigenvalue weighted by atomic mass is 10.0. The predicted molar refractivity (Wildman–Crippen MR) is 98.5 cm³/mol. The standard InChI is InChI=1S/C20H16F2N4O/c1-2-26-11-16(18(25-26)13-6-4-3-5-7-13)19-15-9-8-14(27-20(21)22)10-17(15)23-12-24-19/h3-12,20H,2H2,1H3. The monoisotopic (exact) mass is 366 g/mol. The van der Waals surface area contributed by atoms with E-state index in [1.54, 1.807) is 6.07 Å². The SMILES string of the molecule is CCn1cc(-c2ncnc3cc(OC(F)F)ccc23)c(-c2ccccc2)n1. The first kappa shape index (κ1) is 17.1. The van der Waals surface area contributed by atoms with Gasteiger partial charge in [0.1, 0.15) is 17.8 Å². The van der Waals surface area contributed by atoms with Gasteiger partial charge in [-0.15, -0.1) is 0 Å². The first-order valence-electron chi connectivity index (χ1n) is 8.48. The van der Waals surface area contributed by atoms with Gasteiger partial charge in [-0.05, 0) is 19.1 Å².